The number of thioether (sulfide) groups is 1. The molecule has 3 N–H and O–H groups in total. The highest BCUT2D eigenvalue weighted by atomic mass is 32.2. The lowest BCUT2D eigenvalue weighted by Gasteiger charge is -2.27. The van der Waals surface area contributed by atoms with E-state index < -0.39 is 6.04 Å². The average molecular weight is 284 g/mol. The molecule has 1 heterocycles. The largest absolute Gasteiger partial charge is 0.383 e. The van der Waals surface area contributed by atoms with Gasteiger partial charge >= 0.3 is 0 Å². The fourth-order valence-corrected chi connectivity index (χ4v) is 3.21. The Balaban J connectivity index is 2.12. The molecule has 1 aromatic rings. The monoisotopic (exact) mass is 284 g/mol. The van der Waals surface area contributed by atoms with Gasteiger partial charge in [0.25, 0.3) is 0 Å². The smallest absolute Gasteiger partial charge is 0.239 e. The summed E-state index contributed by atoms with van der Waals surface area (Å²) in [6.07, 6.45) is 0.770. The number of carbonyl (C=O) groups is 1. The van der Waals surface area contributed by atoms with Crippen molar-refractivity contribution in [2.24, 2.45) is 5.73 Å². The van der Waals surface area contributed by atoms with Gasteiger partial charge in [0, 0.05) is 17.8 Å². The van der Waals surface area contributed by atoms with Gasteiger partial charge in [-0.25, -0.2) is 4.39 Å². The van der Waals surface area contributed by atoms with Gasteiger partial charge in [-0.2, -0.15) is 0 Å². The fourth-order valence-electron chi connectivity index (χ4n) is 2.07. The molecule has 6 heteroatoms. The lowest BCUT2D eigenvalue weighted by molar-refractivity contribution is -0.124. The Bertz CT molecular complexity index is 470. The van der Waals surface area contributed by atoms with Gasteiger partial charge in [-0.1, -0.05) is 12.1 Å². The number of methoxy groups -OCH3 is 1. The summed E-state index contributed by atoms with van der Waals surface area (Å²) in [4.78, 5) is 12.5. The number of nitrogens with two attached hydrogens (primary N) is 1. The van der Waals surface area contributed by atoms with Crippen LogP contribution in [0, 0.1) is 5.82 Å². The minimum absolute atomic E-state index is 0.170. The van der Waals surface area contributed by atoms with Crippen molar-refractivity contribution in [3.05, 3.63) is 29.6 Å². The highest BCUT2D eigenvalue weighted by Crippen LogP contribution is 2.37. The van der Waals surface area contributed by atoms with Crippen molar-refractivity contribution in [1.29, 1.82) is 0 Å². The van der Waals surface area contributed by atoms with Crippen molar-refractivity contribution < 1.29 is 13.9 Å². The molecule has 0 aromatic heterocycles. The van der Waals surface area contributed by atoms with Crippen LogP contribution < -0.4 is 11.1 Å². The second kappa shape index (κ2) is 6.36. The molecule has 0 spiro atoms. The molecule has 104 valence electrons. The molecule has 0 radical (unpaired) electrons. The Morgan fingerprint density at radius 1 is 1.68 bits per heavy atom. The molecule has 1 aliphatic rings. The number of hydrogen-bond donors (Lipinski definition) is 2. The van der Waals surface area contributed by atoms with Crippen LogP contribution in [0.3, 0.4) is 0 Å². The van der Waals surface area contributed by atoms with Crippen LogP contribution in [-0.4, -0.2) is 31.4 Å². The Labute approximate surface area is 115 Å². The zero-order valence-corrected chi connectivity index (χ0v) is 11.5. The zero-order valence-electron chi connectivity index (χ0n) is 10.7. The van der Waals surface area contributed by atoms with E-state index in [1.54, 1.807) is 6.07 Å². The summed E-state index contributed by atoms with van der Waals surface area (Å²) in [7, 11) is 1.50. The van der Waals surface area contributed by atoms with Crippen LogP contribution >= 0.6 is 11.8 Å². The third-order valence-corrected chi connectivity index (χ3v) is 4.18. The van der Waals surface area contributed by atoms with E-state index in [0.717, 1.165) is 17.7 Å². The summed E-state index contributed by atoms with van der Waals surface area (Å²) in [5.74, 6) is 0.273. The minimum atomic E-state index is -0.698. The van der Waals surface area contributed by atoms with Crippen molar-refractivity contribution >= 4 is 17.7 Å². The number of hydrogen-bond acceptors (Lipinski definition) is 4. The maximum absolute atomic E-state index is 13.7. The van der Waals surface area contributed by atoms with Gasteiger partial charge in [0.1, 0.15) is 11.9 Å². The molecular formula is C13H17FN2O2S. The van der Waals surface area contributed by atoms with Crippen LogP contribution in [0.5, 0.6) is 0 Å². The quantitative estimate of drug-likeness (QED) is 0.878. The van der Waals surface area contributed by atoms with Crippen molar-refractivity contribution in [3.63, 3.8) is 0 Å². The van der Waals surface area contributed by atoms with Crippen molar-refractivity contribution in [2.45, 2.75) is 23.4 Å². The molecule has 1 amide bonds. The molecule has 2 rings (SSSR count). The van der Waals surface area contributed by atoms with Crippen LogP contribution in [0.2, 0.25) is 0 Å². The highest BCUT2D eigenvalue weighted by molar-refractivity contribution is 7.99. The first-order valence-corrected chi connectivity index (χ1v) is 7.08. The molecular weight excluding hydrogens is 267 g/mol. The van der Waals surface area contributed by atoms with Gasteiger partial charge in [0.15, 0.2) is 0 Å². The highest BCUT2D eigenvalue weighted by Gasteiger charge is 2.26. The number of rotatable bonds is 4. The number of amides is 1. The van der Waals surface area contributed by atoms with E-state index >= 15 is 0 Å². The number of carbonyl (C=O) groups excluding carboxylic acids is 1. The molecule has 0 aliphatic carbocycles. The average Bonchev–Trinajstić information content (AvgIpc) is 2.40. The minimum Gasteiger partial charge on any atom is -0.383 e. The zero-order chi connectivity index (χ0) is 13.8. The molecule has 4 nitrogen and oxygen atoms in total. The fraction of sp³-hybridized carbons (Fsp3) is 0.462. The van der Waals surface area contributed by atoms with E-state index in [2.05, 4.69) is 5.32 Å². The topological polar surface area (TPSA) is 64.3 Å². The van der Waals surface area contributed by atoms with Gasteiger partial charge in [0.05, 0.1) is 12.6 Å². The van der Waals surface area contributed by atoms with Crippen LogP contribution in [0.25, 0.3) is 0 Å². The van der Waals surface area contributed by atoms with Gasteiger partial charge < -0.3 is 15.8 Å². The summed E-state index contributed by atoms with van der Waals surface area (Å²) >= 11 is 1.48. The van der Waals surface area contributed by atoms with E-state index in [1.807, 2.05) is 6.07 Å². The van der Waals surface area contributed by atoms with Gasteiger partial charge in [-0.05, 0) is 18.1 Å². The Hall–Kier alpha value is -1.11. The molecule has 1 aromatic carbocycles. The van der Waals surface area contributed by atoms with Crippen molar-refractivity contribution in [2.75, 3.05) is 19.5 Å². The van der Waals surface area contributed by atoms with Crippen molar-refractivity contribution in [1.82, 2.24) is 5.32 Å². The predicted octanol–water partition coefficient (Wildman–Crippen LogP) is 1.45. The third-order valence-electron chi connectivity index (χ3n) is 3.03. The van der Waals surface area contributed by atoms with Crippen LogP contribution in [-0.2, 0) is 9.53 Å². The van der Waals surface area contributed by atoms with Gasteiger partial charge in [0.2, 0.25) is 5.91 Å². The van der Waals surface area contributed by atoms with E-state index in [9.17, 15) is 9.18 Å². The number of fused-ring (bicyclic) bond motifs is 1. The number of benzene rings is 1. The standard InChI is InChI=1S/C13H17FN2O2S/c1-18-7-10(15)13(17)16-11-5-6-19-12-8(11)3-2-4-9(12)14/h2-4,10-11H,5-7,15H2,1H3,(H,16,17). The summed E-state index contributed by atoms with van der Waals surface area (Å²) in [5, 5.41) is 2.86. The normalized spacial score (nSPS) is 19.6. The van der Waals surface area contributed by atoms with E-state index in [-0.39, 0.29) is 24.4 Å². The number of ether oxygens (including phenoxy) is 1. The molecule has 19 heavy (non-hydrogen) atoms. The molecule has 0 fully saturated rings. The molecule has 2 unspecified atom stereocenters. The van der Waals surface area contributed by atoms with Crippen LogP contribution in [0.4, 0.5) is 4.39 Å². The second-order valence-electron chi connectivity index (χ2n) is 4.42. The van der Waals surface area contributed by atoms with Crippen LogP contribution in [0.1, 0.15) is 18.0 Å². The van der Waals surface area contributed by atoms with Gasteiger partial charge in [-0.3, -0.25) is 4.79 Å². The Morgan fingerprint density at radius 2 is 2.47 bits per heavy atom. The SMILES string of the molecule is COCC(N)C(=O)NC1CCSc2c(F)cccc21. The molecule has 1 aliphatic heterocycles. The lowest BCUT2D eigenvalue weighted by atomic mass is 10.0. The van der Waals surface area contributed by atoms with E-state index in [0.29, 0.717) is 4.90 Å². The first-order chi connectivity index (χ1) is 9.13. The predicted molar refractivity (Wildman–Crippen MR) is 72.5 cm³/mol. The third kappa shape index (κ3) is 3.26. The lowest BCUT2D eigenvalue weighted by Crippen LogP contribution is -2.45. The first kappa shape index (κ1) is 14.3. The molecule has 2 atom stereocenters. The van der Waals surface area contributed by atoms with Gasteiger partial charge in [-0.15, -0.1) is 11.8 Å². The second-order valence-corrected chi connectivity index (χ2v) is 5.52. The maximum atomic E-state index is 13.7. The molecule has 0 saturated carbocycles. The molecule has 0 saturated heterocycles. The first-order valence-electron chi connectivity index (χ1n) is 6.09. The Kier molecular flexibility index (Phi) is 4.79. The van der Waals surface area contributed by atoms with E-state index in [1.165, 1.54) is 24.9 Å². The number of halogens is 1. The summed E-state index contributed by atoms with van der Waals surface area (Å²) in [6.45, 7) is 0.170. The summed E-state index contributed by atoms with van der Waals surface area (Å²) < 4.78 is 18.5. The van der Waals surface area contributed by atoms with Crippen LogP contribution in [0.15, 0.2) is 23.1 Å². The maximum Gasteiger partial charge on any atom is 0.239 e. The van der Waals surface area contributed by atoms with Crippen molar-refractivity contribution in [3.8, 4) is 0 Å². The summed E-state index contributed by atoms with van der Waals surface area (Å²) in [6, 6.07) is 4.07. The van der Waals surface area contributed by atoms with E-state index in [4.69, 9.17) is 10.5 Å². The Morgan fingerprint density at radius 3 is 3.21 bits per heavy atom. The molecule has 0 bridgehead atoms. The summed E-state index contributed by atoms with van der Waals surface area (Å²) in [5.41, 5.74) is 6.51. The number of nitrogens with one attached hydrogen (secondary N) is 1.